The number of carbonyl (C=O) groups excluding carboxylic acids is 1. The molecule has 3 atom stereocenters. The summed E-state index contributed by atoms with van der Waals surface area (Å²) >= 11 is 0. The van der Waals surface area contributed by atoms with Crippen LogP contribution in [0.3, 0.4) is 0 Å². The van der Waals surface area contributed by atoms with Crippen LogP contribution in [-0.2, 0) is 11.8 Å². The van der Waals surface area contributed by atoms with Gasteiger partial charge in [-0.05, 0) is 37.6 Å². The number of hydrogen-bond donors (Lipinski definition) is 1. The average Bonchev–Trinajstić information content (AvgIpc) is 3.31. The summed E-state index contributed by atoms with van der Waals surface area (Å²) in [6.07, 6.45) is 5.07. The van der Waals surface area contributed by atoms with E-state index in [1.54, 1.807) is 21.8 Å². The van der Waals surface area contributed by atoms with Crippen molar-refractivity contribution in [3.05, 3.63) is 47.8 Å². The van der Waals surface area contributed by atoms with Crippen molar-refractivity contribution in [1.29, 1.82) is 0 Å². The zero-order valence-electron chi connectivity index (χ0n) is 15.4. The SMILES string of the molecule is CN1CC[C@H](N[C@@H]2CCN(c3cnn(C)c3)C2=O)[C@H]1c1ccc(F)c(F)c1. The Morgan fingerprint density at radius 1 is 1.15 bits per heavy atom. The van der Waals surface area contributed by atoms with Crippen molar-refractivity contribution in [3.63, 3.8) is 0 Å². The molecule has 8 heteroatoms. The van der Waals surface area contributed by atoms with E-state index in [0.717, 1.165) is 24.2 Å². The van der Waals surface area contributed by atoms with Gasteiger partial charge in [-0.15, -0.1) is 0 Å². The maximum absolute atomic E-state index is 13.7. The number of likely N-dealkylation sites (N-methyl/N-ethyl adjacent to an activating group) is 1. The Balaban J connectivity index is 1.49. The molecule has 144 valence electrons. The number of anilines is 1. The average molecular weight is 375 g/mol. The Kier molecular flexibility index (Phi) is 4.69. The Labute approximate surface area is 156 Å². The molecule has 1 N–H and O–H groups in total. The summed E-state index contributed by atoms with van der Waals surface area (Å²) in [6, 6.07) is 3.67. The molecule has 1 aromatic carbocycles. The second-order valence-corrected chi connectivity index (χ2v) is 7.36. The predicted octanol–water partition coefficient (Wildman–Crippen LogP) is 1.84. The van der Waals surface area contributed by atoms with Crippen LogP contribution in [0.15, 0.2) is 30.6 Å². The van der Waals surface area contributed by atoms with Gasteiger partial charge in [0.25, 0.3) is 0 Å². The molecule has 2 saturated heterocycles. The maximum atomic E-state index is 13.7. The van der Waals surface area contributed by atoms with Crippen LogP contribution < -0.4 is 10.2 Å². The number of aryl methyl sites for hydroxylation is 1. The van der Waals surface area contributed by atoms with Crippen LogP contribution in [0.1, 0.15) is 24.4 Å². The number of halogens is 2. The lowest BCUT2D eigenvalue weighted by molar-refractivity contribution is -0.119. The van der Waals surface area contributed by atoms with Crippen molar-refractivity contribution in [2.45, 2.75) is 31.0 Å². The highest BCUT2D eigenvalue weighted by Crippen LogP contribution is 2.33. The highest BCUT2D eigenvalue weighted by atomic mass is 19.2. The molecule has 6 nitrogen and oxygen atoms in total. The second kappa shape index (κ2) is 7.01. The lowest BCUT2D eigenvalue weighted by Gasteiger charge is -2.28. The Hall–Kier alpha value is -2.32. The van der Waals surface area contributed by atoms with Gasteiger partial charge in [-0.3, -0.25) is 14.4 Å². The molecular formula is C19H23F2N5O. The van der Waals surface area contributed by atoms with Crippen LogP contribution in [0.2, 0.25) is 0 Å². The van der Waals surface area contributed by atoms with Crippen molar-refractivity contribution < 1.29 is 13.6 Å². The van der Waals surface area contributed by atoms with Crippen LogP contribution in [0, 0.1) is 11.6 Å². The number of aromatic nitrogens is 2. The number of likely N-dealkylation sites (tertiary alicyclic amines) is 1. The van der Waals surface area contributed by atoms with Gasteiger partial charge in [-0.25, -0.2) is 8.78 Å². The number of nitrogens with zero attached hydrogens (tertiary/aromatic N) is 4. The molecule has 0 radical (unpaired) electrons. The minimum absolute atomic E-state index is 0.00246. The minimum atomic E-state index is -0.845. The molecule has 2 aliphatic rings. The summed E-state index contributed by atoms with van der Waals surface area (Å²) in [4.78, 5) is 16.7. The lowest BCUT2D eigenvalue weighted by Crippen LogP contribution is -2.45. The number of nitrogens with one attached hydrogen (secondary N) is 1. The van der Waals surface area contributed by atoms with Crippen LogP contribution in [0.25, 0.3) is 0 Å². The molecule has 3 heterocycles. The third-order valence-electron chi connectivity index (χ3n) is 5.56. The zero-order chi connectivity index (χ0) is 19.1. The van der Waals surface area contributed by atoms with Gasteiger partial charge < -0.3 is 10.2 Å². The highest BCUT2D eigenvalue weighted by molar-refractivity contribution is 5.99. The molecule has 0 saturated carbocycles. The normalized spacial score (nSPS) is 26.3. The lowest BCUT2D eigenvalue weighted by atomic mass is 9.99. The quantitative estimate of drug-likeness (QED) is 0.886. The Bertz CT molecular complexity index is 854. The van der Waals surface area contributed by atoms with Gasteiger partial charge in [-0.1, -0.05) is 6.07 Å². The topological polar surface area (TPSA) is 53.4 Å². The number of carbonyl (C=O) groups is 1. The van der Waals surface area contributed by atoms with Crippen LogP contribution in [-0.4, -0.2) is 52.8 Å². The fourth-order valence-electron chi connectivity index (χ4n) is 4.20. The monoisotopic (exact) mass is 375 g/mol. The zero-order valence-corrected chi connectivity index (χ0v) is 15.4. The molecule has 0 bridgehead atoms. The number of rotatable bonds is 4. The van der Waals surface area contributed by atoms with Gasteiger partial charge in [0.15, 0.2) is 11.6 Å². The van der Waals surface area contributed by atoms with Crippen LogP contribution in [0.4, 0.5) is 14.5 Å². The van der Waals surface area contributed by atoms with Gasteiger partial charge in [0, 0.05) is 38.4 Å². The first-order valence-corrected chi connectivity index (χ1v) is 9.15. The molecule has 0 spiro atoms. The fraction of sp³-hybridized carbons (Fsp3) is 0.474. The predicted molar refractivity (Wildman–Crippen MR) is 97.2 cm³/mol. The molecular weight excluding hydrogens is 352 g/mol. The first-order chi connectivity index (χ1) is 12.9. The van der Waals surface area contributed by atoms with Gasteiger partial charge in [0.05, 0.1) is 17.9 Å². The second-order valence-electron chi connectivity index (χ2n) is 7.36. The highest BCUT2D eigenvalue weighted by Gasteiger charge is 2.39. The first kappa shape index (κ1) is 18.1. The third kappa shape index (κ3) is 3.35. The van der Waals surface area contributed by atoms with E-state index in [9.17, 15) is 13.6 Å². The number of amides is 1. The van der Waals surface area contributed by atoms with E-state index in [1.807, 2.05) is 20.3 Å². The molecule has 1 aromatic heterocycles. The summed E-state index contributed by atoms with van der Waals surface area (Å²) in [5.41, 5.74) is 1.52. The molecule has 2 aliphatic heterocycles. The van der Waals surface area contributed by atoms with E-state index in [1.165, 1.54) is 12.1 Å². The molecule has 0 aliphatic carbocycles. The van der Waals surface area contributed by atoms with E-state index in [2.05, 4.69) is 15.3 Å². The van der Waals surface area contributed by atoms with Crippen molar-refractivity contribution in [3.8, 4) is 0 Å². The van der Waals surface area contributed by atoms with Gasteiger partial charge >= 0.3 is 0 Å². The van der Waals surface area contributed by atoms with Crippen molar-refractivity contribution in [1.82, 2.24) is 20.0 Å². The van der Waals surface area contributed by atoms with E-state index in [-0.39, 0.29) is 24.0 Å². The fourth-order valence-corrected chi connectivity index (χ4v) is 4.20. The molecule has 4 rings (SSSR count). The van der Waals surface area contributed by atoms with E-state index in [4.69, 9.17) is 0 Å². The van der Waals surface area contributed by atoms with E-state index >= 15 is 0 Å². The van der Waals surface area contributed by atoms with Crippen LogP contribution in [0.5, 0.6) is 0 Å². The van der Waals surface area contributed by atoms with Crippen molar-refractivity contribution in [2.75, 3.05) is 25.0 Å². The molecule has 2 fully saturated rings. The third-order valence-corrected chi connectivity index (χ3v) is 5.56. The van der Waals surface area contributed by atoms with Gasteiger partial charge in [0.1, 0.15) is 0 Å². The minimum Gasteiger partial charge on any atom is -0.308 e. The Morgan fingerprint density at radius 3 is 2.67 bits per heavy atom. The summed E-state index contributed by atoms with van der Waals surface area (Å²) < 4.78 is 28.7. The largest absolute Gasteiger partial charge is 0.308 e. The summed E-state index contributed by atoms with van der Waals surface area (Å²) in [7, 11) is 3.78. The van der Waals surface area contributed by atoms with Gasteiger partial charge in [0.2, 0.25) is 5.91 Å². The number of hydrogen-bond acceptors (Lipinski definition) is 4. The first-order valence-electron chi connectivity index (χ1n) is 9.15. The molecule has 1 amide bonds. The summed E-state index contributed by atoms with van der Waals surface area (Å²) in [5.74, 6) is -1.66. The molecule has 2 aromatic rings. The smallest absolute Gasteiger partial charge is 0.244 e. The van der Waals surface area contributed by atoms with E-state index in [0.29, 0.717) is 13.0 Å². The molecule has 0 unspecified atom stereocenters. The van der Waals surface area contributed by atoms with Crippen LogP contribution >= 0.6 is 0 Å². The van der Waals surface area contributed by atoms with Gasteiger partial charge in [-0.2, -0.15) is 5.10 Å². The Morgan fingerprint density at radius 2 is 1.96 bits per heavy atom. The summed E-state index contributed by atoms with van der Waals surface area (Å²) in [6.45, 7) is 1.47. The standard InChI is InChI=1S/C19H23F2N5O/c1-24-7-5-16(18(24)12-3-4-14(20)15(21)9-12)23-17-6-8-26(19(17)27)13-10-22-25(2)11-13/h3-4,9-11,16-18,23H,5-8H2,1-2H3/t16-,17+,18+/m0/s1. The number of benzene rings is 1. The van der Waals surface area contributed by atoms with Crippen molar-refractivity contribution >= 4 is 11.6 Å². The maximum Gasteiger partial charge on any atom is 0.244 e. The van der Waals surface area contributed by atoms with Crippen molar-refractivity contribution in [2.24, 2.45) is 7.05 Å². The summed E-state index contributed by atoms with van der Waals surface area (Å²) in [5, 5.41) is 7.60. The molecule has 27 heavy (non-hydrogen) atoms. The van der Waals surface area contributed by atoms with E-state index < -0.39 is 11.6 Å².